The molecule has 0 saturated carbocycles. The zero-order chi connectivity index (χ0) is 16.3. The summed E-state index contributed by atoms with van der Waals surface area (Å²) in [7, 11) is 2.04. The lowest BCUT2D eigenvalue weighted by Gasteiger charge is -2.30. The summed E-state index contributed by atoms with van der Waals surface area (Å²) in [4.78, 5) is 15.3. The van der Waals surface area contributed by atoms with E-state index in [-0.39, 0.29) is 17.9 Å². The average molecular weight is 322 g/mol. The van der Waals surface area contributed by atoms with Gasteiger partial charge in [0.1, 0.15) is 11.5 Å². The number of carbonyl (C=O) groups is 1. The Kier molecular flexibility index (Phi) is 2.92. The van der Waals surface area contributed by atoms with E-state index in [1.54, 1.807) is 6.26 Å². The van der Waals surface area contributed by atoms with Crippen molar-refractivity contribution >= 4 is 16.7 Å². The van der Waals surface area contributed by atoms with Gasteiger partial charge in [-0.25, -0.2) is 0 Å². The maximum absolute atomic E-state index is 13.1. The molecule has 2 fully saturated rings. The van der Waals surface area contributed by atoms with Crippen molar-refractivity contribution in [2.45, 2.75) is 24.5 Å². The van der Waals surface area contributed by atoms with Crippen LogP contribution in [0.25, 0.3) is 22.2 Å². The number of nitrogens with one attached hydrogen (secondary N) is 2. The minimum absolute atomic E-state index is 0.0834. The van der Waals surface area contributed by atoms with Gasteiger partial charge in [0.15, 0.2) is 0 Å². The van der Waals surface area contributed by atoms with Crippen LogP contribution in [0.1, 0.15) is 16.9 Å². The molecule has 3 atom stereocenters. The second-order valence-electron chi connectivity index (χ2n) is 6.69. The first-order chi connectivity index (χ1) is 11.7. The highest BCUT2D eigenvalue weighted by Crippen LogP contribution is 2.32. The Morgan fingerprint density at radius 2 is 2.29 bits per heavy atom. The molecule has 0 aliphatic carbocycles. The number of piperazine rings is 1. The van der Waals surface area contributed by atoms with Crippen LogP contribution < -0.4 is 5.32 Å². The van der Waals surface area contributed by atoms with Crippen molar-refractivity contribution in [1.82, 2.24) is 20.4 Å². The molecule has 122 valence electrons. The van der Waals surface area contributed by atoms with Crippen molar-refractivity contribution in [3.63, 3.8) is 0 Å². The maximum Gasteiger partial charge on any atom is 0.202 e. The van der Waals surface area contributed by atoms with Gasteiger partial charge in [0.2, 0.25) is 5.78 Å². The van der Waals surface area contributed by atoms with Crippen LogP contribution in [0, 0.1) is 0 Å². The number of hydrogen-bond acceptors (Lipinski definition) is 5. The van der Waals surface area contributed by atoms with Gasteiger partial charge in [-0.15, -0.1) is 0 Å². The molecule has 2 N–H and O–H groups in total. The number of rotatable bonds is 3. The molecular weight excluding hydrogens is 304 g/mol. The van der Waals surface area contributed by atoms with Crippen molar-refractivity contribution in [3.8, 4) is 11.3 Å². The van der Waals surface area contributed by atoms with Crippen LogP contribution in [0.2, 0.25) is 0 Å². The number of nitrogens with zero attached hydrogens (tertiary/aromatic N) is 2. The monoisotopic (exact) mass is 322 g/mol. The Balaban J connectivity index is 1.57. The van der Waals surface area contributed by atoms with E-state index in [4.69, 9.17) is 4.42 Å². The molecule has 5 rings (SSSR count). The van der Waals surface area contributed by atoms with Crippen molar-refractivity contribution in [2.24, 2.45) is 0 Å². The quantitative estimate of drug-likeness (QED) is 0.722. The van der Waals surface area contributed by atoms with E-state index in [1.807, 2.05) is 37.4 Å². The summed E-state index contributed by atoms with van der Waals surface area (Å²) < 4.78 is 5.47. The van der Waals surface area contributed by atoms with E-state index < -0.39 is 0 Å². The molecule has 6 nitrogen and oxygen atoms in total. The van der Waals surface area contributed by atoms with E-state index in [0.717, 1.165) is 35.2 Å². The van der Waals surface area contributed by atoms with Crippen LogP contribution in [0.3, 0.4) is 0 Å². The van der Waals surface area contributed by atoms with Gasteiger partial charge in [-0.1, -0.05) is 0 Å². The maximum atomic E-state index is 13.1. The smallest absolute Gasteiger partial charge is 0.202 e. The number of H-pyrrole nitrogens is 1. The third kappa shape index (κ3) is 1.90. The van der Waals surface area contributed by atoms with E-state index in [0.29, 0.717) is 11.7 Å². The summed E-state index contributed by atoms with van der Waals surface area (Å²) in [6, 6.07) is 10.2. The zero-order valence-electron chi connectivity index (χ0n) is 13.3. The molecule has 0 spiro atoms. The van der Waals surface area contributed by atoms with Gasteiger partial charge in [-0.2, -0.15) is 5.10 Å². The van der Waals surface area contributed by atoms with Crippen molar-refractivity contribution in [3.05, 3.63) is 42.3 Å². The predicted octanol–water partition coefficient (Wildman–Crippen LogP) is 2.05. The zero-order valence-corrected chi connectivity index (χ0v) is 13.3. The largest absolute Gasteiger partial charge is 0.464 e. The Hall–Kier alpha value is -2.44. The van der Waals surface area contributed by atoms with Crippen LogP contribution in [0.4, 0.5) is 0 Å². The van der Waals surface area contributed by atoms with Gasteiger partial charge >= 0.3 is 0 Å². The normalized spacial score (nSPS) is 26.5. The standard InChI is InChI=1S/C18H18N4O2/c1-22-11-8-14(19-9-11)17(22)18(23)16-12-7-10(15-3-2-6-24-15)4-5-13(12)20-21-16/h2-7,11,14,17,19H,8-9H2,1H3,(H,20,21)/t11-,14+,17?/m0/s1. The molecule has 0 radical (unpaired) electrons. The third-order valence-electron chi connectivity index (χ3n) is 5.41. The Labute approximate surface area is 138 Å². The summed E-state index contributed by atoms with van der Waals surface area (Å²) in [5.74, 6) is 0.871. The van der Waals surface area contributed by atoms with Gasteiger partial charge in [0.05, 0.1) is 17.8 Å². The highest BCUT2D eigenvalue weighted by Gasteiger charge is 2.48. The Morgan fingerprint density at radius 3 is 3.04 bits per heavy atom. The number of carbonyl (C=O) groups excluding carboxylic acids is 1. The Morgan fingerprint density at radius 1 is 1.38 bits per heavy atom. The highest BCUT2D eigenvalue weighted by molar-refractivity contribution is 6.09. The molecule has 2 saturated heterocycles. The number of likely N-dealkylation sites (N-methyl/N-ethyl adjacent to an activating group) is 1. The summed E-state index contributed by atoms with van der Waals surface area (Å²) in [5, 5.41) is 11.6. The van der Waals surface area contributed by atoms with Crippen molar-refractivity contribution in [1.29, 1.82) is 0 Å². The fourth-order valence-electron chi connectivity index (χ4n) is 4.11. The lowest BCUT2D eigenvalue weighted by Crippen LogP contribution is -2.53. The van der Waals surface area contributed by atoms with Gasteiger partial charge < -0.3 is 9.73 Å². The van der Waals surface area contributed by atoms with E-state index in [2.05, 4.69) is 20.4 Å². The van der Waals surface area contributed by atoms with E-state index >= 15 is 0 Å². The number of Topliss-reactive ketones (excluding diaryl/α,β-unsaturated/α-hetero) is 1. The van der Waals surface area contributed by atoms with Crippen LogP contribution in [-0.4, -0.2) is 52.6 Å². The first-order valence-corrected chi connectivity index (χ1v) is 8.24. The number of furan rings is 1. The number of aromatic amines is 1. The van der Waals surface area contributed by atoms with Gasteiger partial charge in [-0.3, -0.25) is 14.8 Å². The number of likely N-dealkylation sites (tertiary alicyclic amines) is 1. The Bertz CT molecular complexity index is 912. The number of benzene rings is 1. The first-order valence-electron chi connectivity index (χ1n) is 8.24. The number of aromatic nitrogens is 2. The third-order valence-corrected chi connectivity index (χ3v) is 5.41. The number of hydrogen-bond donors (Lipinski definition) is 2. The molecular formula is C18H18N4O2. The fraction of sp³-hybridized carbons (Fsp3) is 0.333. The van der Waals surface area contributed by atoms with E-state index in [1.165, 1.54) is 0 Å². The molecule has 0 amide bonds. The molecule has 6 heteroatoms. The van der Waals surface area contributed by atoms with Crippen LogP contribution in [0.5, 0.6) is 0 Å². The van der Waals surface area contributed by atoms with Gasteiger partial charge in [-0.05, 0) is 43.8 Å². The first kappa shape index (κ1) is 13.9. The lowest BCUT2D eigenvalue weighted by atomic mass is 9.99. The molecule has 3 aromatic rings. The SMILES string of the molecule is CN1C(C(=O)c2n[nH]c3ccc(-c4ccco4)cc23)[C@H]2C[C@H]1CN2. The molecule has 2 aliphatic rings. The van der Waals surface area contributed by atoms with E-state index in [9.17, 15) is 4.79 Å². The summed E-state index contributed by atoms with van der Waals surface area (Å²) in [5.41, 5.74) is 2.33. The average Bonchev–Trinajstić information content (AvgIpc) is 3.36. The second kappa shape index (κ2) is 5.03. The fourth-order valence-corrected chi connectivity index (χ4v) is 4.11. The number of ketones is 1. The summed E-state index contributed by atoms with van der Waals surface area (Å²) >= 11 is 0. The van der Waals surface area contributed by atoms with Gasteiger partial charge in [0, 0.05) is 29.6 Å². The highest BCUT2D eigenvalue weighted by atomic mass is 16.3. The molecule has 2 aliphatic heterocycles. The van der Waals surface area contributed by atoms with Crippen molar-refractivity contribution in [2.75, 3.05) is 13.6 Å². The van der Waals surface area contributed by atoms with Crippen molar-refractivity contribution < 1.29 is 9.21 Å². The van der Waals surface area contributed by atoms with Crippen LogP contribution in [0.15, 0.2) is 41.0 Å². The molecule has 2 aromatic heterocycles. The minimum Gasteiger partial charge on any atom is -0.464 e. The molecule has 1 aromatic carbocycles. The predicted molar refractivity (Wildman–Crippen MR) is 89.9 cm³/mol. The minimum atomic E-state index is -0.137. The molecule has 4 heterocycles. The molecule has 24 heavy (non-hydrogen) atoms. The molecule has 2 bridgehead atoms. The topological polar surface area (TPSA) is 74.2 Å². The molecule has 1 unspecified atom stereocenters. The summed E-state index contributed by atoms with van der Waals surface area (Å²) in [6.07, 6.45) is 2.68. The number of fused-ring (bicyclic) bond motifs is 3. The second-order valence-corrected chi connectivity index (χ2v) is 6.69. The van der Waals surface area contributed by atoms with Gasteiger partial charge in [0.25, 0.3) is 0 Å². The lowest BCUT2D eigenvalue weighted by molar-refractivity contribution is 0.0811. The van der Waals surface area contributed by atoms with Crippen LogP contribution in [-0.2, 0) is 0 Å². The summed E-state index contributed by atoms with van der Waals surface area (Å²) in [6.45, 7) is 0.967. The van der Waals surface area contributed by atoms with Crippen LogP contribution >= 0.6 is 0 Å².